The second kappa shape index (κ2) is 7.82. The number of aryl methyl sites for hydroxylation is 1. The normalized spacial score (nSPS) is 21.3. The van der Waals surface area contributed by atoms with Crippen LogP contribution in [0, 0.1) is 12.3 Å². The van der Waals surface area contributed by atoms with Crippen LogP contribution in [0.1, 0.15) is 38.1 Å². The van der Waals surface area contributed by atoms with Crippen molar-refractivity contribution < 1.29 is 4.74 Å². The van der Waals surface area contributed by atoms with E-state index in [9.17, 15) is 9.59 Å². The number of nitrogens with zero attached hydrogens (tertiary/aromatic N) is 2. The van der Waals surface area contributed by atoms with Crippen LogP contribution in [0.15, 0.2) is 46.0 Å². The van der Waals surface area contributed by atoms with E-state index >= 15 is 0 Å². The van der Waals surface area contributed by atoms with E-state index in [1.54, 1.807) is 6.92 Å². The van der Waals surface area contributed by atoms with Gasteiger partial charge in [-0.05, 0) is 17.9 Å². The lowest BCUT2D eigenvalue weighted by molar-refractivity contribution is -0.129. The minimum Gasteiger partial charge on any atom is -0.367 e. The minimum absolute atomic E-state index is 0.00384. The second-order valence-corrected chi connectivity index (χ2v) is 8.40. The standard InChI is InChI=1S/C21H29N3O3/c1-15-12-19(25)24(20(26)22-15)11-10-23-13-17(16-8-6-5-7-9-16)27-18(14-23)21(2,3)4/h5-9,12,17-18H,10-11,13-14H2,1-4H3,(H,22,26)/t17-,18+/m0/s1. The fraction of sp³-hybridized carbons (Fsp3) is 0.524. The van der Waals surface area contributed by atoms with Gasteiger partial charge in [0.05, 0.1) is 12.2 Å². The van der Waals surface area contributed by atoms with Crippen molar-refractivity contribution in [3.05, 3.63) is 68.5 Å². The molecule has 1 aromatic heterocycles. The molecule has 1 N–H and O–H groups in total. The molecule has 1 aliphatic rings. The van der Waals surface area contributed by atoms with Crippen molar-refractivity contribution in [2.45, 2.75) is 46.4 Å². The van der Waals surface area contributed by atoms with E-state index in [-0.39, 0.29) is 28.9 Å². The Bertz CT molecular complexity index is 849. The van der Waals surface area contributed by atoms with Gasteiger partial charge in [-0.1, -0.05) is 51.1 Å². The van der Waals surface area contributed by atoms with E-state index in [1.165, 1.54) is 10.6 Å². The first-order valence-corrected chi connectivity index (χ1v) is 9.47. The molecule has 0 saturated carbocycles. The molecule has 6 nitrogen and oxygen atoms in total. The van der Waals surface area contributed by atoms with Crippen LogP contribution in [0.3, 0.4) is 0 Å². The van der Waals surface area contributed by atoms with Gasteiger partial charge in [-0.2, -0.15) is 0 Å². The summed E-state index contributed by atoms with van der Waals surface area (Å²) in [6.07, 6.45) is 0.0571. The van der Waals surface area contributed by atoms with Crippen molar-refractivity contribution >= 4 is 0 Å². The summed E-state index contributed by atoms with van der Waals surface area (Å²) in [5, 5.41) is 0. The largest absolute Gasteiger partial charge is 0.367 e. The Morgan fingerprint density at radius 2 is 1.81 bits per heavy atom. The second-order valence-electron chi connectivity index (χ2n) is 8.40. The van der Waals surface area contributed by atoms with Gasteiger partial charge < -0.3 is 9.72 Å². The van der Waals surface area contributed by atoms with Crippen LogP contribution in [-0.4, -0.2) is 40.2 Å². The van der Waals surface area contributed by atoms with Gasteiger partial charge in [0.2, 0.25) is 0 Å². The quantitative estimate of drug-likeness (QED) is 0.896. The molecule has 1 fully saturated rings. The fourth-order valence-electron chi connectivity index (χ4n) is 3.43. The Balaban J connectivity index is 1.78. The Labute approximate surface area is 159 Å². The molecule has 0 spiro atoms. The molecule has 0 aliphatic carbocycles. The van der Waals surface area contributed by atoms with Gasteiger partial charge in [0.15, 0.2) is 0 Å². The van der Waals surface area contributed by atoms with E-state index in [0.717, 1.165) is 18.7 Å². The molecule has 27 heavy (non-hydrogen) atoms. The van der Waals surface area contributed by atoms with Gasteiger partial charge in [-0.25, -0.2) is 4.79 Å². The third kappa shape index (κ3) is 4.76. The highest BCUT2D eigenvalue weighted by molar-refractivity contribution is 5.18. The monoisotopic (exact) mass is 371 g/mol. The third-order valence-corrected chi connectivity index (χ3v) is 5.11. The topological polar surface area (TPSA) is 67.3 Å². The molecular weight excluding hydrogens is 342 g/mol. The summed E-state index contributed by atoms with van der Waals surface area (Å²) in [5.41, 5.74) is 1.15. The molecule has 3 rings (SSSR count). The summed E-state index contributed by atoms with van der Waals surface area (Å²) in [6, 6.07) is 11.7. The summed E-state index contributed by atoms with van der Waals surface area (Å²) < 4.78 is 7.67. The SMILES string of the molecule is Cc1cc(=O)n(CCN2C[C@@H](c3ccccc3)O[C@@H](C(C)(C)C)C2)c(=O)[nH]1. The van der Waals surface area contributed by atoms with Gasteiger partial charge >= 0.3 is 5.69 Å². The molecular formula is C21H29N3O3. The smallest absolute Gasteiger partial charge is 0.328 e. The summed E-state index contributed by atoms with van der Waals surface area (Å²) in [4.78, 5) is 29.2. The molecule has 0 radical (unpaired) electrons. The number of ether oxygens (including phenoxy) is 1. The first-order valence-electron chi connectivity index (χ1n) is 9.47. The van der Waals surface area contributed by atoms with Crippen LogP contribution in [0.4, 0.5) is 0 Å². The number of aromatic amines is 1. The van der Waals surface area contributed by atoms with Gasteiger partial charge in [0, 0.05) is 37.9 Å². The van der Waals surface area contributed by atoms with Crippen LogP contribution in [0.25, 0.3) is 0 Å². The van der Waals surface area contributed by atoms with Crippen molar-refractivity contribution in [2.75, 3.05) is 19.6 Å². The van der Waals surface area contributed by atoms with E-state index in [4.69, 9.17) is 4.74 Å². The average molecular weight is 371 g/mol. The van der Waals surface area contributed by atoms with Crippen LogP contribution in [0.5, 0.6) is 0 Å². The van der Waals surface area contributed by atoms with Gasteiger partial charge in [-0.15, -0.1) is 0 Å². The maximum atomic E-state index is 12.1. The van der Waals surface area contributed by atoms with Crippen LogP contribution < -0.4 is 11.2 Å². The number of hydrogen-bond donors (Lipinski definition) is 1. The zero-order valence-corrected chi connectivity index (χ0v) is 16.6. The molecule has 6 heteroatoms. The number of aromatic nitrogens is 2. The molecule has 0 unspecified atom stereocenters. The Hall–Kier alpha value is -2.18. The highest BCUT2D eigenvalue weighted by atomic mass is 16.5. The van der Waals surface area contributed by atoms with Gasteiger partial charge in [-0.3, -0.25) is 14.3 Å². The number of hydrogen-bond acceptors (Lipinski definition) is 4. The van der Waals surface area contributed by atoms with Crippen molar-refractivity contribution in [1.29, 1.82) is 0 Å². The molecule has 1 aliphatic heterocycles. The van der Waals surface area contributed by atoms with Crippen molar-refractivity contribution in [1.82, 2.24) is 14.5 Å². The van der Waals surface area contributed by atoms with E-state index in [1.807, 2.05) is 18.2 Å². The zero-order chi connectivity index (χ0) is 19.6. The van der Waals surface area contributed by atoms with E-state index < -0.39 is 0 Å². The van der Waals surface area contributed by atoms with Crippen molar-refractivity contribution in [2.24, 2.45) is 5.41 Å². The van der Waals surface area contributed by atoms with Gasteiger partial charge in [0.25, 0.3) is 5.56 Å². The van der Waals surface area contributed by atoms with Crippen LogP contribution in [-0.2, 0) is 11.3 Å². The van der Waals surface area contributed by atoms with E-state index in [2.05, 4.69) is 42.8 Å². The molecule has 0 amide bonds. The fourth-order valence-corrected chi connectivity index (χ4v) is 3.43. The Kier molecular flexibility index (Phi) is 5.67. The molecule has 1 saturated heterocycles. The summed E-state index contributed by atoms with van der Waals surface area (Å²) in [5.74, 6) is 0. The highest BCUT2D eigenvalue weighted by Crippen LogP contribution is 2.33. The predicted molar refractivity (Wildman–Crippen MR) is 106 cm³/mol. The van der Waals surface area contributed by atoms with Crippen LogP contribution in [0.2, 0.25) is 0 Å². The van der Waals surface area contributed by atoms with Crippen LogP contribution >= 0.6 is 0 Å². The Morgan fingerprint density at radius 1 is 1.11 bits per heavy atom. The number of benzene rings is 1. The Morgan fingerprint density at radius 3 is 2.44 bits per heavy atom. The maximum absolute atomic E-state index is 12.1. The van der Waals surface area contributed by atoms with Crippen molar-refractivity contribution in [3.8, 4) is 0 Å². The lowest BCUT2D eigenvalue weighted by atomic mass is 9.87. The first kappa shape index (κ1) is 19.6. The van der Waals surface area contributed by atoms with Gasteiger partial charge in [0.1, 0.15) is 0 Å². The highest BCUT2D eigenvalue weighted by Gasteiger charge is 2.35. The zero-order valence-electron chi connectivity index (χ0n) is 16.6. The van der Waals surface area contributed by atoms with Crippen molar-refractivity contribution in [3.63, 3.8) is 0 Å². The molecule has 2 aromatic rings. The maximum Gasteiger partial charge on any atom is 0.328 e. The summed E-state index contributed by atoms with van der Waals surface area (Å²) >= 11 is 0. The number of rotatable bonds is 4. The molecule has 2 heterocycles. The summed E-state index contributed by atoms with van der Waals surface area (Å²) in [6.45, 7) is 10.8. The third-order valence-electron chi connectivity index (χ3n) is 5.11. The molecule has 2 atom stereocenters. The van der Waals surface area contributed by atoms with E-state index in [0.29, 0.717) is 18.8 Å². The summed E-state index contributed by atoms with van der Waals surface area (Å²) in [7, 11) is 0. The lowest BCUT2D eigenvalue weighted by Crippen LogP contribution is -2.50. The molecule has 146 valence electrons. The number of morpholine rings is 1. The average Bonchev–Trinajstić information content (AvgIpc) is 2.60. The lowest BCUT2D eigenvalue weighted by Gasteiger charge is -2.43. The number of nitrogens with one attached hydrogen (secondary N) is 1. The predicted octanol–water partition coefficient (Wildman–Crippen LogP) is 2.33. The number of H-pyrrole nitrogens is 1. The minimum atomic E-state index is -0.347. The first-order chi connectivity index (χ1) is 12.7. The molecule has 0 bridgehead atoms. The molecule has 1 aromatic carbocycles.